The van der Waals surface area contributed by atoms with Crippen molar-refractivity contribution in [2.24, 2.45) is 0 Å². The van der Waals surface area contributed by atoms with Gasteiger partial charge in [0.1, 0.15) is 4.90 Å². The lowest BCUT2D eigenvalue weighted by Crippen LogP contribution is -2.22. The predicted octanol–water partition coefficient (Wildman–Crippen LogP) is 3.46. The van der Waals surface area contributed by atoms with Gasteiger partial charge in [0.2, 0.25) is 0 Å². The van der Waals surface area contributed by atoms with Crippen LogP contribution in [0.2, 0.25) is 0 Å². The highest BCUT2D eigenvalue weighted by atomic mass is 32.2. The second-order valence-electron chi connectivity index (χ2n) is 5.20. The summed E-state index contributed by atoms with van der Waals surface area (Å²) in [7, 11) is -4.19. The molecule has 0 saturated carbocycles. The summed E-state index contributed by atoms with van der Waals surface area (Å²) >= 11 is 0. The summed E-state index contributed by atoms with van der Waals surface area (Å²) in [6.45, 7) is 2.19. The second-order valence-corrected chi connectivity index (χ2v) is 6.59. The molecular weight excluding hydrogens is 276 g/mol. The van der Waals surface area contributed by atoms with Crippen molar-refractivity contribution in [2.45, 2.75) is 56.5 Å². The molecule has 1 aliphatic heterocycles. The monoisotopic (exact) mass is 298 g/mol. The molecule has 1 unspecified atom stereocenters. The first-order valence-electron chi connectivity index (χ1n) is 7.16. The maximum absolute atomic E-state index is 11.3. The fourth-order valence-corrected chi connectivity index (χ4v) is 3.19. The number of hydrogen-bond donors (Lipinski definition) is 3. The van der Waals surface area contributed by atoms with Crippen molar-refractivity contribution < 1.29 is 13.0 Å². The first-order valence-corrected chi connectivity index (χ1v) is 8.60. The zero-order valence-electron chi connectivity index (χ0n) is 11.7. The van der Waals surface area contributed by atoms with E-state index in [9.17, 15) is 13.0 Å². The van der Waals surface area contributed by atoms with Gasteiger partial charge in [0.25, 0.3) is 10.1 Å². The molecule has 1 aromatic carbocycles. The molecule has 0 spiro atoms. The molecule has 20 heavy (non-hydrogen) atoms. The standard InChI is InChI=1S/C14H22N2O3S/c1-2-3-4-5-6-10-13-15-11-8-7-9-12(14(11)16-13)20(17,18)19/h7-9,13,15-16H,2-6,10H2,1H3,(H,17,18,19). The van der Waals surface area contributed by atoms with Crippen LogP contribution in [0.1, 0.15) is 45.4 Å². The van der Waals surface area contributed by atoms with Crippen molar-refractivity contribution in [3.8, 4) is 0 Å². The van der Waals surface area contributed by atoms with E-state index in [-0.39, 0.29) is 11.1 Å². The van der Waals surface area contributed by atoms with Gasteiger partial charge in [-0.2, -0.15) is 8.42 Å². The van der Waals surface area contributed by atoms with Crippen LogP contribution < -0.4 is 10.6 Å². The molecule has 1 aromatic rings. The summed E-state index contributed by atoms with van der Waals surface area (Å²) in [4.78, 5) is -0.0593. The summed E-state index contributed by atoms with van der Waals surface area (Å²) in [5.74, 6) is 0. The Morgan fingerprint density at radius 3 is 2.60 bits per heavy atom. The van der Waals surface area contributed by atoms with Crippen molar-refractivity contribution in [3.05, 3.63) is 18.2 Å². The maximum atomic E-state index is 11.3. The zero-order valence-corrected chi connectivity index (χ0v) is 12.5. The largest absolute Gasteiger partial charge is 0.364 e. The van der Waals surface area contributed by atoms with E-state index >= 15 is 0 Å². The molecule has 112 valence electrons. The average molecular weight is 298 g/mol. The van der Waals surface area contributed by atoms with Gasteiger partial charge in [0.15, 0.2) is 0 Å². The molecule has 3 N–H and O–H groups in total. The van der Waals surface area contributed by atoms with Crippen LogP contribution >= 0.6 is 0 Å². The Morgan fingerprint density at radius 1 is 1.15 bits per heavy atom. The smallest absolute Gasteiger partial charge is 0.296 e. The number of hydrogen-bond acceptors (Lipinski definition) is 4. The van der Waals surface area contributed by atoms with Gasteiger partial charge < -0.3 is 10.6 Å². The molecule has 0 saturated heterocycles. The summed E-state index contributed by atoms with van der Waals surface area (Å²) in [6, 6.07) is 4.85. The molecule has 0 bridgehead atoms. The number of unbranched alkanes of at least 4 members (excludes halogenated alkanes) is 4. The van der Waals surface area contributed by atoms with E-state index in [1.165, 1.54) is 31.7 Å². The van der Waals surface area contributed by atoms with Gasteiger partial charge in [-0.1, -0.05) is 38.7 Å². The van der Waals surface area contributed by atoms with E-state index in [2.05, 4.69) is 17.6 Å². The van der Waals surface area contributed by atoms with Crippen LogP contribution in [-0.2, 0) is 10.1 Å². The number of rotatable bonds is 7. The van der Waals surface area contributed by atoms with Crippen molar-refractivity contribution in [2.75, 3.05) is 10.6 Å². The lowest BCUT2D eigenvalue weighted by Gasteiger charge is -2.12. The quantitative estimate of drug-likeness (QED) is 0.531. The maximum Gasteiger partial charge on any atom is 0.296 e. The number of nitrogens with one attached hydrogen (secondary N) is 2. The fraction of sp³-hybridized carbons (Fsp3) is 0.571. The highest BCUT2D eigenvalue weighted by Crippen LogP contribution is 2.35. The van der Waals surface area contributed by atoms with E-state index in [0.29, 0.717) is 5.69 Å². The zero-order chi connectivity index (χ0) is 14.6. The molecule has 2 rings (SSSR count). The molecular formula is C14H22N2O3S. The van der Waals surface area contributed by atoms with E-state index in [1.54, 1.807) is 6.07 Å². The SMILES string of the molecule is CCCCCCCC1Nc2cccc(S(=O)(=O)O)c2N1. The van der Waals surface area contributed by atoms with E-state index in [4.69, 9.17) is 0 Å². The van der Waals surface area contributed by atoms with Gasteiger partial charge in [-0.3, -0.25) is 4.55 Å². The molecule has 5 nitrogen and oxygen atoms in total. The van der Waals surface area contributed by atoms with Crippen LogP contribution in [0.15, 0.2) is 23.1 Å². The molecule has 0 aromatic heterocycles. The fourth-order valence-electron chi connectivity index (χ4n) is 2.51. The molecule has 0 fully saturated rings. The average Bonchev–Trinajstić information content (AvgIpc) is 2.79. The van der Waals surface area contributed by atoms with Gasteiger partial charge in [0, 0.05) is 0 Å². The summed E-state index contributed by atoms with van der Waals surface area (Å²) in [6.07, 6.45) is 6.99. The first-order chi connectivity index (χ1) is 9.52. The van der Waals surface area contributed by atoms with Crippen LogP contribution in [0.5, 0.6) is 0 Å². The molecule has 0 aliphatic carbocycles. The third-order valence-electron chi connectivity index (χ3n) is 3.55. The molecule has 0 radical (unpaired) electrons. The Labute approximate surface area is 120 Å². The van der Waals surface area contributed by atoms with Gasteiger partial charge in [-0.25, -0.2) is 0 Å². The molecule has 1 aliphatic rings. The van der Waals surface area contributed by atoms with E-state index in [0.717, 1.165) is 18.5 Å². The van der Waals surface area contributed by atoms with Crippen LogP contribution in [0, 0.1) is 0 Å². The van der Waals surface area contributed by atoms with Crippen molar-refractivity contribution >= 4 is 21.5 Å². The summed E-state index contributed by atoms with van der Waals surface area (Å²) in [5.41, 5.74) is 1.22. The van der Waals surface area contributed by atoms with Crippen molar-refractivity contribution in [3.63, 3.8) is 0 Å². The van der Waals surface area contributed by atoms with Crippen LogP contribution in [0.25, 0.3) is 0 Å². The topological polar surface area (TPSA) is 78.4 Å². The lowest BCUT2D eigenvalue weighted by atomic mass is 10.1. The third-order valence-corrected chi connectivity index (χ3v) is 4.44. The second kappa shape index (κ2) is 6.45. The van der Waals surface area contributed by atoms with Crippen molar-refractivity contribution in [1.29, 1.82) is 0 Å². The number of para-hydroxylation sites is 1. The predicted molar refractivity (Wildman–Crippen MR) is 80.7 cm³/mol. The number of benzene rings is 1. The van der Waals surface area contributed by atoms with Gasteiger partial charge in [0.05, 0.1) is 17.5 Å². The minimum atomic E-state index is -4.19. The number of anilines is 2. The third kappa shape index (κ3) is 3.64. The van der Waals surface area contributed by atoms with Gasteiger partial charge >= 0.3 is 0 Å². The van der Waals surface area contributed by atoms with E-state index in [1.807, 2.05) is 6.07 Å². The van der Waals surface area contributed by atoms with Crippen LogP contribution in [0.4, 0.5) is 11.4 Å². The highest BCUT2D eigenvalue weighted by Gasteiger charge is 2.26. The summed E-state index contributed by atoms with van der Waals surface area (Å²) in [5, 5.41) is 6.40. The van der Waals surface area contributed by atoms with Gasteiger partial charge in [-0.05, 0) is 25.0 Å². The first kappa shape index (κ1) is 15.1. The molecule has 1 atom stereocenters. The molecule has 0 amide bonds. The van der Waals surface area contributed by atoms with Crippen LogP contribution in [-0.4, -0.2) is 19.1 Å². The Kier molecular flexibility index (Phi) is 4.88. The Morgan fingerprint density at radius 2 is 1.90 bits per heavy atom. The Balaban J connectivity index is 1.94. The lowest BCUT2D eigenvalue weighted by molar-refractivity contribution is 0.483. The minimum Gasteiger partial charge on any atom is -0.364 e. The minimum absolute atomic E-state index is 0.0366. The van der Waals surface area contributed by atoms with Gasteiger partial charge in [-0.15, -0.1) is 0 Å². The molecule has 6 heteroatoms. The summed E-state index contributed by atoms with van der Waals surface area (Å²) < 4.78 is 31.9. The normalized spacial score (nSPS) is 17.4. The van der Waals surface area contributed by atoms with E-state index < -0.39 is 10.1 Å². The highest BCUT2D eigenvalue weighted by molar-refractivity contribution is 7.86. The van der Waals surface area contributed by atoms with Crippen molar-refractivity contribution in [1.82, 2.24) is 0 Å². The molecule has 1 heterocycles. The van der Waals surface area contributed by atoms with Crippen LogP contribution in [0.3, 0.4) is 0 Å². The Hall–Kier alpha value is -1.27. The Bertz CT molecular complexity index is 558. The number of fused-ring (bicyclic) bond motifs is 1.